The van der Waals surface area contributed by atoms with Crippen LogP contribution in [0.15, 0.2) is 23.9 Å². The smallest absolute Gasteiger partial charge is 0.198 e. The predicted molar refractivity (Wildman–Crippen MR) is 90.6 cm³/mol. The first-order valence-electron chi connectivity index (χ1n) is 7.97. The second kappa shape index (κ2) is 6.14. The van der Waals surface area contributed by atoms with Crippen LogP contribution in [-0.4, -0.2) is 22.9 Å². The van der Waals surface area contributed by atoms with Crippen LogP contribution in [0.1, 0.15) is 31.9 Å². The summed E-state index contributed by atoms with van der Waals surface area (Å²) in [6.07, 6.45) is 5.56. The Morgan fingerprint density at radius 2 is 1.71 bits per heavy atom. The summed E-state index contributed by atoms with van der Waals surface area (Å²) in [4.78, 5) is 0. The van der Waals surface area contributed by atoms with E-state index in [1.807, 2.05) is 0 Å². The quantitative estimate of drug-likeness (QED) is 0.612. The molecule has 1 heterocycles. The third-order valence-electron chi connectivity index (χ3n) is 5.36. The van der Waals surface area contributed by atoms with Crippen molar-refractivity contribution < 1.29 is 10.2 Å². The fraction of sp³-hybridized carbons (Fsp3) is 0.529. The third kappa shape index (κ3) is 2.46. The Labute approximate surface area is 128 Å². The van der Waals surface area contributed by atoms with Gasteiger partial charge in [-0.15, -0.1) is 6.58 Å². The van der Waals surface area contributed by atoms with Crippen LogP contribution < -0.4 is 0 Å². The Morgan fingerprint density at radius 3 is 2.24 bits per heavy atom. The normalized spacial score (nSPS) is 14.7. The second-order valence-electron chi connectivity index (χ2n) is 5.95. The number of rotatable bonds is 6. The van der Waals surface area contributed by atoms with E-state index in [1.54, 1.807) is 15.8 Å². The molecular formula is C17H27NO2Si. The van der Waals surface area contributed by atoms with Crippen LogP contribution >= 0.6 is 0 Å². The molecule has 116 valence electrons. The number of allylic oxidation sites excluding steroid dienone is 3. The summed E-state index contributed by atoms with van der Waals surface area (Å²) in [7, 11) is -1.40. The average molecular weight is 305 g/mol. The van der Waals surface area contributed by atoms with Gasteiger partial charge in [0.25, 0.3) is 0 Å². The van der Waals surface area contributed by atoms with Crippen LogP contribution in [0, 0.1) is 0 Å². The zero-order chi connectivity index (χ0) is 15.6. The molecule has 0 unspecified atom stereocenters. The molecule has 0 fully saturated rings. The van der Waals surface area contributed by atoms with E-state index in [2.05, 4.69) is 33.4 Å². The SMILES string of the molecule is C=CCn1c(O)c2c(c1O)CC([Si](CC)(CC)CC)=CC2. The van der Waals surface area contributed by atoms with Crippen molar-refractivity contribution in [2.45, 2.75) is 58.3 Å². The molecule has 21 heavy (non-hydrogen) atoms. The minimum Gasteiger partial charge on any atom is -0.494 e. The first-order valence-corrected chi connectivity index (χ1v) is 10.6. The molecule has 0 saturated heterocycles. The number of aromatic nitrogens is 1. The van der Waals surface area contributed by atoms with Gasteiger partial charge in [-0.05, 0) is 12.8 Å². The number of aromatic hydroxyl groups is 2. The topological polar surface area (TPSA) is 45.4 Å². The average Bonchev–Trinajstić information content (AvgIpc) is 2.75. The zero-order valence-electron chi connectivity index (χ0n) is 13.4. The van der Waals surface area contributed by atoms with Gasteiger partial charge in [0.2, 0.25) is 0 Å². The third-order valence-corrected chi connectivity index (χ3v) is 11.2. The minimum atomic E-state index is -1.40. The summed E-state index contributed by atoms with van der Waals surface area (Å²) in [6, 6.07) is 3.75. The van der Waals surface area contributed by atoms with Gasteiger partial charge in [0.1, 0.15) is 0 Å². The van der Waals surface area contributed by atoms with Crippen molar-refractivity contribution in [3.05, 3.63) is 35.1 Å². The Balaban J connectivity index is 2.41. The Bertz CT molecular complexity index is 560. The van der Waals surface area contributed by atoms with Crippen LogP contribution in [0.5, 0.6) is 11.8 Å². The molecule has 2 rings (SSSR count). The molecule has 0 radical (unpaired) electrons. The minimum absolute atomic E-state index is 0.203. The van der Waals surface area contributed by atoms with Gasteiger partial charge in [0, 0.05) is 17.7 Å². The zero-order valence-corrected chi connectivity index (χ0v) is 14.4. The first-order chi connectivity index (χ1) is 10.0. The summed E-state index contributed by atoms with van der Waals surface area (Å²) in [6.45, 7) is 11.0. The summed E-state index contributed by atoms with van der Waals surface area (Å²) < 4.78 is 1.56. The van der Waals surface area contributed by atoms with E-state index in [0.717, 1.165) is 24.0 Å². The Hall–Kier alpha value is -1.42. The highest BCUT2D eigenvalue weighted by atomic mass is 28.3. The van der Waals surface area contributed by atoms with E-state index >= 15 is 0 Å². The van der Waals surface area contributed by atoms with Crippen LogP contribution in [0.4, 0.5) is 0 Å². The summed E-state index contributed by atoms with van der Waals surface area (Å²) in [5, 5.41) is 22.3. The van der Waals surface area contributed by atoms with E-state index in [9.17, 15) is 10.2 Å². The molecule has 1 aliphatic rings. The maximum absolute atomic E-state index is 10.4. The van der Waals surface area contributed by atoms with Crippen molar-refractivity contribution in [2.75, 3.05) is 0 Å². The van der Waals surface area contributed by atoms with Gasteiger partial charge in [-0.1, -0.05) is 56.3 Å². The molecule has 1 aromatic heterocycles. The lowest BCUT2D eigenvalue weighted by atomic mass is 10.0. The molecular weight excluding hydrogens is 278 g/mol. The van der Waals surface area contributed by atoms with Crippen LogP contribution in [0.3, 0.4) is 0 Å². The van der Waals surface area contributed by atoms with Gasteiger partial charge >= 0.3 is 0 Å². The molecule has 1 aromatic rings. The van der Waals surface area contributed by atoms with Gasteiger partial charge < -0.3 is 10.2 Å². The van der Waals surface area contributed by atoms with Crippen LogP contribution in [0.25, 0.3) is 0 Å². The Kier molecular flexibility index (Phi) is 4.66. The van der Waals surface area contributed by atoms with Crippen molar-refractivity contribution in [1.82, 2.24) is 4.57 Å². The lowest BCUT2D eigenvalue weighted by molar-refractivity contribution is 0.376. The van der Waals surface area contributed by atoms with Gasteiger partial charge in [-0.25, -0.2) is 0 Å². The molecule has 3 nitrogen and oxygen atoms in total. The summed E-state index contributed by atoms with van der Waals surface area (Å²) in [5.41, 5.74) is 1.82. The monoisotopic (exact) mass is 305 g/mol. The van der Waals surface area contributed by atoms with Crippen molar-refractivity contribution in [1.29, 1.82) is 0 Å². The molecule has 0 saturated carbocycles. The number of hydrogen-bond acceptors (Lipinski definition) is 2. The second-order valence-corrected chi connectivity index (χ2v) is 11.3. The number of fused-ring (bicyclic) bond motifs is 1. The van der Waals surface area contributed by atoms with Gasteiger partial charge in [0.15, 0.2) is 11.8 Å². The van der Waals surface area contributed by atoms with E-state index in [4.69, 9.17) is 0 Å². The molecule has 0 spiro atoms. The fourth-order valence-electron chi connectivity index (χ4n) is 3.72. The summed E-state index contributed by atoms with van der Waals surface area (Å²) >= 11 is 0. The van der Waals surface area contributed by atoms with Gasteiger partial charge in [-0.3, -0.25) is 4.57 Å². The molecule has 2 N–H and O–H groups in total. The molecule has 0 aromatic carbocycles. The molecule has 0 bridgehead atoms. The largest absolute Gasteiger partial charge is 0.494 e. The van der Waals surface area contributed by atoms with Crippen molar-refractivity contribution in [3.63, 3.8) is 0 Å². The molecule has 0 atom stereocenters. The van der Waals surface area contributed by atoms with Crippen molar-refractivity contribution in [3.8, 4) is 11.8 Å². The molecule has 0 aliphatic heterocycles. The molecule has 0 amide bonds. The number of hydrogen-bond donors (Lipinski definition) is 2. The van der Waals surface area contributed by atoms with E-state index < -0.39 is 8.07 Å². The van der Waals surface area contributed by atoms with Crippen molar-refractivity contribution >= 4 is 8.07 Å². The van der Waals surface area contributed by atoms with E-state index in [0.29, 0.717) is 6.54 Å². The fourth-order valence-corrected chi connectivity index (χ4v) is 7.67. The van der Waals surface area contributed by atoms with Crippen LogP contribution in [0.2, 0.25) is 18.1 Å². The highest BCUT2D eigenvalue weighted by molar-refractivity contribution is 6.86. The Morgan fingerprint density at radius 1 is 1.14 bits per heavy atom. The first kappa shape index (κ1) is 16.0. The standard InChI is InChI=1S/C17H27NO2Si/c1-5-11-18-16(19)14-10-9-13(12-15(14)17(18)20)21(6-2,7-3)8-4/h5,9,19-20H,1,6-8,10-12H2,2-4H3. The van der Waals surface area contributed by atoms with Crippen molar-refractivity contribution in [2.24, 2.45) is 0 Å². The highest BCUT2D eigenvalue weighted by Gasteiger charge is 2.35. The van der Waals surface area contributed by atoms with Crippen LogP contribution in [-0.2, 0) is 19.4 Å². The lowest BCUT2D eigenvalue weighted by Crippen LogP contribution is -2.36. The molecule has 4 heteroatoms. The van der Waals surface area contributed by atoms with E-state index in [1.165, 1.54) is 18.1 Å². The maximum Gasteiger partial charge on any atom is 0.198 e. The number of nitrogens with zero attached hydrogens (tertiary/aromatic N) is 1. The lowest BCUT2D eigenvalue weighted by Gasteiger charge is -2.33. The molecule has 1 aliphatic carbocycles. The van der Waals surface area contributed by atoms with E-state index in [-0.39, 0.29) is 11.8 Å². The highest BCUT2D eigenvalue weighted by Crippen LogP contribution is 2.42. The predicted octanol–water partition coefficient (Wildman–Crippen LogP) is 4.16. The van der Waals surface area contributed by atoms with Gasteiger partial charge in [0.05, 0.1) is 8.07 Å². The maximum atomic E-state index is 10.4. The summed E-state index contributed by atoms with van der Waals surface area (Å²) in [5.74, 6) is 0.425. The van der Waals surface area contributed by atoms with Gasteiger partial charge in [-0.2, -0.15) is 0 Å².